The van der Waals surface area contributed by atoms with Crippen LogP contribution < -0.4 is 14.8 Å². The highest BCUT2D eigenvalue weighted by Gasteiger charge is 2.22. The van der Waals surface area contributed by atoms with Gasteiger partial charge in [-0.15, -0.1) is 11.6 Å². The number of nitrogens with one attached hydrogen (secondary N) is 1. The lowest BCUT2D eigenvalue weighted by atomic mass is 10.1. The first kappa shape index (κ1) is 17.3. The number of ketones is 1. The zero-order valence-electron chi connectivity index (χ0n) is 13.6. The number of halogens is 1. The first-order valence-electron chi connectivity index (χ1n) is 8.04. The van der Waals surface area contributed by atoms with Crippen LogP contribution in [0, 0.1) is 0 Å². The summed E-state index contributed by atoms with van der Waals surface area (Å²) in [6, 6.07) is 12.6. The minimum Gasteiger partial charge on any atom is -0.490 e. The third-order valence-electron chi connectivity index (χ3n) is 3.88. The fraction of sp³-hybridized carbons (Fsp3) is 0.263. The van der Waals surface area contributed by atoms with Crippen LogP contribution in [0.15, 0.2) is 42.5 Å². The van der Waals surface area contributed by atoms with Crippen LogP contribution >= 0.6 is 11.6 Å². The quantitative estimate of drug-likeness (QED) is 0.607. The molecule has 130 valence electrons. The largest absolute Gasteiger partial charge is 0.490 e. The van der Waals surface area contributed by atoms with Gasteiger partial charge in [-0.05, 0) is 24.6 Å². The van der Waals surface area contributed by atoms with E-state index in [2.05, 4.69) is 5.32 Å². The van der Waals surface area contributed by atoms with E-state index in [9.17, 15) is 9.59 Å². The molecule has 0 heterocycles. The average molecular weight is 360 g/mol. The van der Waals surface area contributed by atoms with Gasteiger partial charge < -0.3 is 14.8 Å². The topological polar surface area (TPSA) is 64.6 Å². The van der Waals surface area contributed by atoms with Crippen molar-refractivity contribution in [3.63, 3.8) is 0 Å². The minimum atomic E-state index is -0.269. The van der Waals surface area contributed by atoms with Crippen LogP contribution in [0.2, 0.25) is 0 Å². The molecule has 1 N–H and O–H groups in total. The summed E-state index contributed by atoms with van der Waals surface area (Å²) in [6.45, 7) is 0.716. The zero-order chi connectivity index (χ0) is 17.6. The second-order valence-corrected chi connectivity index (χ2v) is 5.88. The summed E-state index contributed by atoms with van der Waals surface area (Å²) in [4.78, 5) is 23.0. The van der Waals surface area contributed by atoms with Gasteiger partial charge in [0, 0.05) is 29.3 Å². The Morgan fingerprint density at radius 3 is 2.72 bits per heavy atom. The summed E-state index contributed by atoms with van der Waals surface area (Å²) >= 11 is 5.47. The van der Waals surface area contributed by atoms with Crippen LogP contribution in [-0.2, 0) is 11.2 Å². The molecule has 6 heteroatoms. The fourth-order valence-corrected chi connectivity index (χ4v) is 2.83. The Morgan fingerprint density at radius 1 is 1.08 bits per heavy atom. The monoisotopic (exact) mass is 359 g/mol. The molecule has 0 spiro atoms. The van der Waals surface area contributed by atoms with Crippen molar-refractivity contribution in [3.05, 3.63) is 53.6 Å². The van der Waals surface area contributed by atoms with Gasteiger partial charge in [0.25, 0.3) is 0 Å². The van der Waals surface area contributed by atoms with Gasteiger partial charge in [0.2, 0.25) is 5.91 Å². The van der Waals surface area contributed by atoms with E-state index in [0.29, 0.717) is 31.1 Å². The van der Waals surface area contributed by atoms with Crippen molar-refractivity contribution in [2.75, 3.05) is 24.4 Å². The van der Waals surface area contributed by atoms with Gasteiger partial charge in [0.15, 0.2) is 5.78 Å². The third kappa shape index (κ3) is 4.31. The summed E-state index contributed by atoms with van der Waals surface area (Å²) < 4.78 is 11.4. The predicted octanol–water partition coefficient (Wildman–Crippen LogP) is 3.45. The number of carbonyl (C=O) groups is 2. The Hall–Kier alpha value is -2.53. The molecule has 0 aliphatic heterocycles. The van der Waals surface area contributed by atoms with Crippen LogP contribution in [0.1, 0.15) is 22.3 Å². The number of amides is 1. The number of hydrogen-bond acceptors (Lipinski definition) is 4. The molecular weight excluding hydrogens is 342 g/mol. The summed E-state index contributed by atoms with van der Waals surface area (Å²) in [5.41, 5.74) is 2.38. The maximum Gasteiger partial charge on any atom is 0.239 e. The van der Waals surface area contributed by atoms with Crippen LogP contribution in [0.4, 0.5) is 5.69 Å². The van der Waals surface area contributed by atoms with Crippen LogP contribution in [0.25, 0.3) is 0 Å². The number of Topliss-reactive ketones (excluding diaryl/α,β-unsaturated/α-hetero) is 1. The molecule has 0 fully saturated rings. The second kappa shape index (κ2) is 8.03. The Morgan fingerprint density at radius 2 is 1.88 bits per heavy atom. The predicted molar refractivity (Wildman–Crippen MR) is 95.9 cm³/mol. The van der Waals surface area contributed by atoms with E-state index in [-0.39, 0.29) is 17.6 Å². The molecule has 0 radical (unpaired) electrons. The molecule has 1 aliphatic rings. The molecule has 2 aromatic carbocycles. The number of alkyl halides is 1. The number of carbonyl (C=O) groups excluding carboxylic acids is 2. The Balaban J connectivity index is 1.52. The normalized spacial score (nSPS) is 12.6. The number of hydrogen-bond donors (Lipinski definition) is 1. The number of rotatable bonds is 7. The van der Waals surface area contributed by atoms with Gasteiger partial charge in [-0.2, -0.15) is 0 Å². The van der Waals surface area contributed by atoms with Crippen molar-refractivity contribution >= 4 is 29.0 Å². The summed E-state index contributed by atoms with van der Waals surface area (Å²) in [7, 11) is 0. The molecule has 25 heavy (non-hydrogen) atoms. The maximum atomic E-state index is 11.7. The zero-order valence-corrected chi connectivity index (χ0v) is 14.3. The van der Waals surface area contributed by atoms with Gasteiger partial charge in [0.05, 0.1) is 0 Å². The van der Waals surface area contributed by atoms with Crippen molar-refractivity contribution in [1.82, 2.24) is 0 Å². The number of benzene rings is 2. The van der Waals surface area contributed by atoms with E-state index in [0.717, 1.165) is 23.3 Å². The first-order chi connectivity index (χ1) is 12.2. The average Bonchev–Trinajstić information content (AvgIpc) is 3.01. The molecule has 1 aliphatic carbocycles. The molecule has 0 aromatic heterocycles. The first-order valence-corrected chi connectivity index (χ1v) is 8.57. The van der Waals surface area contributed by atoms with Gasteiger partial charge in [0.1, 0.15) is 30.6 Å². The summed E-state index contributed by atoms with van der Waals surface area (Å²) in [5, 5.41) is 2.67. The highest BCUT2D eigenvalue weighted by atomic mass is 35.5. The van der Waals surface area contributed by atoms with E-state index in [1.807, 2.05) is 18.2 Å². The lowest BCUT2D eigenvalue weighted by molar-refractivity contribution is -0.113. The van der Waals surface area contributed by atoms with Crippen molar-refractivity contribution in [2.24, 2.45) is 0 Å². The molecule has 0 atom stereocenters. The molecule has 0 unspecified atom stereocenters. The van der Waals surface area contributed by atoms with Gasteiger partial charge >= 0.3 is 0 Å². The van der Waals surface area contributed by atoms with Crippen molar-refractivity contribution < 1.29 is 19.1 Å². The smallest absolute Gasteiger partial charge is 0.239 e. The van der Waals surface area contributed by atoms with Gasteiger partial charge in [-0.3, -0.25) is 9.59 Å². The van der Waals surface area contributed by atoms with E-state index in [4.69, 9.17) is 21.1 Å². The Labute approximate surface area is 150 Å². The molecule has 2 aromatic rings. The summed E-state index contributed by atoms with van der Waals surface area (Å²) in [5.74, 6) is 1.18. The van der Waals surface area contributed by atoms with E-state index in [1.165, 1.54) is 0 Å². The highest BCUT2D eigenvalue weighted by molar-refractivity contribution is 6.29. The molecule has 0 saturated heterocycles. The van der Waals surface area contributed by atoms with Gasteiger partial charge in [-0.25, -0.2) is 0 Å². The van der Waals surface area contributed by atoms with E-state index in [1.54, 1.807) is 24.3 Å². The second-order valence-electron chi connectivity index (χ2n) is 5.61. The number of fused-ring (bicyclic) bond motifs is 1. The molecule has 3 rings (SSSR count). The standard InChI is InChI=1S/C19H18ClNO4/c20-12-19(23)21-13-3-1-4-14(11-13)24-9-10-25-18-6-2-5-15-16(18)7-8-17(15)22/h1-6,11H,7-10,12H2,(H,21,23). The lowest BCUT2D eigenvalue weighted by Gasteiger charge is -2.12. The van der Waals surface area contributed by atoms with E-state index >= 15 is 0 Å². The molecule has 0 saturated carbocycles. The van der Waals surface area contributed by atoms with Crippen LogP contribution in [-0.4, -0.2) is 30.8 Å². The fourth-order valence-electron chi connectivity index (χ4n) is 2.76. The molecule has 5 nitrogen and oxygen atoms in total. The number of ether oxygens (including phenoxy) is 2. The molecular formula is C19H18ClNO4. The lowest BCUT2D eigenvalue weighted by Crippen LogP contribution is -2.13. The maximum absolute atomic E-state index is 11.7. The van der Waals surface area contributed by atoms with E-state index < -0.39 is 0 Å². The van der Waals surface area contributed by atoms with Crippen LogP contribution in [0.3, 0.4) is 0 Å². The Bertz CT molecular complexity index is 791. The van der Waals surface area contributed by atoms with Crippen molar-refractivity contribution in [3.8, 4) is 11.5 Å². The van der Waals surface area contributed by atoms with Crippen LogP contribution in [0.5, 0.6) is 11.5 Å². The molecule has 0 bridgehead atoms. The third-order valence-corrected chi connectivity index (χ3v) is 4.13. The number of anilines is 1. The van der Waals surface area contributed by atoms with Crippen molar-refractivity contribution in [2.45, 2.75) is 12.8 Å². The van der Waals surface area contributed by atoms with Gasteiger partial charge in [-0.1, -0.05) is 18.2 Å². The van der Waals surface area contributed by atoms with Crippen molar-refractivity contribution in [1.29, 1.82) is 0 Å². The minimum absolute atomic E-state index is 0.0944. The Kier molecular flexibility index (Phi) is 5.56. The molecule has 1 amide bonds. The summed E-state index contributed by atoms with van der Waals surface area (Å²) in [6.07, 6.45) is 1.28. The highest BCUT2D eigenvalue weighted by Crippen LogP contribution is 2.30. The SMILES string of the molecule is O=C(CCl)Nc1cccc(OCCOc2cccc3c2CCC3=O)c1.